The third-order valence-electron chi connectivity index (χ3n) is 6.88. The van der Waals surface area contributed by atoms with E-state index in [-0.39, 0.29) is 6.61 Å². The number of hydrogen-bond acceptors (Lipinski definition) is 9. The summed E-state index contributed by atoms with van der Waals surface area (Å²) in [7, 11) is 4.06. The van der Waals surface area contributed by atoms with Gasteiger partial charge in [0.25, 0.3) is 0 Å². The van der Waals surface area contributed by atoms with Crippen molar-refractivity contribution < 1.29 is 9.84 Å². The van der Waals surface area contributed by atoms with Crippen molar-refractivity contribution in [3.05, 3.63) is 77.7 Å². The van der Waals surface area contributed by atoms with E-state index in [1.165, 1.54) is 0 Å². The zero-order valence-electron chi connectivity index (χ0n) is 22.8. The summed E-state index contributed by atoms with van der Waals surface area (Å²) >= 11 is 0. The Morgan fingerprint density at radius 3 is 2.88 bits per heavy atom. The highest BCUT2D eigenvalue weighted by molar-refractivity contribution is 5.75. The predicted octanol–water partition coefficient (Wildman–Crippen LogP) is 4.38. The van der Waals surface area contributed by atoms with E-state index in [4.69, 9.17) is 9.72 Å². The van der Waals surface area contributed by atoms with Crippen LogP contribution in [0.1, 0.15) is 35.6 Å². The zero-order valence-corrected chi connectivity index (χ0v) is 22.8. The Labute approximate surface area is 234 Å². The van der Waals surface area contributed by atoms with Crippen LogP contribution in [0.5, 0.6) is 5.75 Å². The maximum Gasteiger partial charge on any atom is 0.229 e. The molecule has 2 aromatic carbocycles. The minimum Gasteiger partial charge on any atom is -0.493 e. The molecule has 206 valence electrons. The van der Waals surface area contributed by atoms with Crippen LogP contribution in [0, 0.1) is 11.3 Å². The Kier molecular flexibility index (Phi) is 8.54. The number of fused-ring (bicyclic) bond motifs is 5. The molecule has 5 rings (SSSR count). The molecule has 0 spiro atoms. The molecule has 0 aliphatic carbocycles. The topological polar surface area (TPSA) is 124 Å². The number of benzene rings is 2. The van der Waals surface area contributed by atoms with E-state index in [9.17, 15) is 10.4 Å². The number of hydrogen-bond donors (Lipinski definition) is 3. The van der Waals surface area contributed by atoms with Gasteiger partial charge >= 0.3 is 0 Å². The number of para-hydroxylation sites is 1. The number of likely N-dealkylation sites (N-methyl/N-ethyl adjacent to an activating group) is 1. The summed E-state index contributed by atoms with van der Waals surface area (Å²) in [4.78, 5) is 11.5. The first-order chi connectivity index (χ1) is 19.5. The number of ether oxygens (including phenoxy) is 1. The van der Waals surface area contributed by atoms with Gasteiger partial charge in [0.15, 0.2) is 0 Å². The Bertz CT molecular complexity index is 1490. The number of anilines is 3. The fraction of sp³-hybridized carbons (Fsp3) is 0.333. The average Bonchev–Trinajstić information content (AvgIpc) is 3.43. The van der Waals surface area contributed by atoms with Gasteiger partial charge in [-0.3, -0.25) is 4.68 Å². The lowest BCUT2D eigenvalue weighted by Crippen LogP contribution is -2.18. The highest BCUT2D eigenvalue weighted by Crippen LogP contribution is 2.33. The fourth-order valence-corrected chi connectivity index (χ4v) is 4.69. The molecule has 1 aliphatic heterocycles. The van der Waals surface area contributed by atoms with Crippen molar-refractivity contribution in [2.45, 2.75) is 31.8 Å². The van der Waals surface area contributed by atoms with Gasteiger partial charge in [-0.15, -0.1) is 0 Å². The summed E-state index contributed by atoms with van der Waals surface area (Å²) in [6, 6.07) is 15.2. The molecule has 3 heterocycles. The quantitative estimate of drug-likeness (QED) is 0.340. The molecule has 0 radical (unpaired) electrons. The second-order valence-corrected chi connectivity index (χ2v) is 10.1. The Balaban J connectivity index is 1.56. The van der Waals surface area contributed by atoms with Crippen LogP contribution in [-0.4, -0.2) is 63.6 Å². The Morgan fingerprint density at radius 1 is 1.18 bits per heavy atom. The van der Waals surface area contributed by atoms with Crippen LogP contribution in [0.25, 0.3) is 11.1 Å². The van der Waals surface area contributed by atoms with Gasteiger partial charge in [-0.2, -0.15) is 15.3 Å². The van der Waals surface area contributed by atoms with Gasteiger partial charge in [-0.1, -0.05) is 18.2 Å². The van der Waals surface area contributed by atoms with Gasteiger partial charge in [-0.25, -0.2) is 4.98 Å². The minimum absolute atomic E-state index is 0.159. The normalized spacial score (nSPS) is 15.3. The molecule has 0 unspecified atom stereocenters. The smallest absolute Gasteiger partial charge is 0.229 e. The lowest BCUT2D eigenvalue weighted by molar-refractivity contribution is 0.265. The van der Waals surface area contributed by atoms with Gasteiger partial charge in [-0.05, 0) is 63.2 Å². The highest BCUT2D eigenvalue weighted by atomic mass is 16.5. The SMILES string of the molecule is CN(C)CCn1cc(-c2cnc3nc2N[C@H](CO)c2ccccc2OCCCCc2cc(ccc2C#N)N3)cn1. The number of aromatic nitrogens is 4. The monoisotopic (exact) mass is 538 g/mol. The molecule has 10 heteroatoms. The molecule has 3 N–H and O–H groups in total. The summed E-state index contributed by atoms with van der Waals surface area (Å²) in [6.07, 6.45) is 8.00. The highest BCUT2D eigenvalue weighted by Gasteiger charge is 2.20. The summed E-state index contributed by atoms with van der Waals surface area (Å²) in [6.45, 7) is 1.99. The van der Waals surface area contributed by atoms with Gasteiger partial charge in [0, 0.05) is 41.3 Å². The van der Waals surface area contributed by atoms with Gasteiger partial charge in [0.2, 0.25) is 5.95 Å². The van der Waals surface area contributed by atoms with E-state index in [1.807, 2.05) is 67.4 Å². The molecule has 0 amide bonds. The number of aryl methyl sites for hydroxylation is 1. The molecule has 4 bridgehead atoms. The summed E-state index contributed by atoms with van der Waals surface area (Å²) in [5.74, 6) is 1.67. The number of aliphatic hydroxyl groups is 1. The van der Waals surface area contributed by atoms with Gasteiger partial charge < -0.3 is 25.4 Å². The van der Waals surface area contributed by atoms with E-state index >= 15 is 0 Å². The minimum atomic E-state index is -0.462. The molecule has 40 heavy (non-hydrogen) atoms. The van der Waals surface area contributed by atoms with Crippen molar-refractivity contribution in [1.29, 1.82) is 5.26 Å². The average molecular weight is 539 g/mol. The molecule has 1 atom stereocenters. The lowest BCUT2D eigenvalue weighted by Gasteiger charge is -2.22. The predicted molar refractivity (Wildman–Crippen MR) is 155 cm³/mol. The number of nitrogens with one attached hydrogen (secondary N) is 2. The third kappa shape index (κ3) is 6.39. The van der Waals surface area contributed by atoms with Crippen LogP contribution in [0.3, 0.4) is 0 Å². The maximum absolute atomic E-state index is 10.5. The van der Waals surface area contributed by atoms with E-state index in [0.717, 1.165) is 60.3 Å². The molecule has 0 saturated heterocycles. The fourth-order valence-electron chi connectivity index (χ4n) is 4.69. The largest absolute Gasteiger partial charge is 0.493 e. The molecule has 0 saturated carbocycles. The molecular formula is C30H34N8O2. The molecular weight excluding hydrogens is 504 g/mol. The molecule has 10 nitrogen and oxygen atoms in total. The second kappa shape index (κ2) is 12.6. The van der Waals surface area contributed by atoms with Crippen molar-refractivity contribution in [3.63, 3.8) is 0 Å². The Hall–Kier alpha value is -4.46. The Morgan fingerprint density at radius 2 is 2.05 bits per heavy atom. The van der Waals surface area contributed by atoms with Crippen LogP contribution in [-0.2, 0) is 13.0 Å². The number of nitriles is 1. The van der Waals surface area contributed by atoms with Crippen LogP contribution in [0.15, 0.2) is 61.1 Å². The molecule has 2 aromatic heterocycles. The van der Waals surface area contributed by atoms with E-state index in [1.54, 1.807) is 12.4 Å². The standard InChI is InChI=1S/C30H34N8O2/c1-37(2)12-13-38-19-23(17-33-38)26-18-32-30-34-24-11-10-22(16-31)21(15-24)7-5-6-14-40-28-9-4-3-8-25(28)27(20-39)35-29(26)36-30/h3-4,8-11,15,17-19,27,39H,5-7,12-14,20H2,1-2H3,(H2,32,34,35,36)/t27-/m1/s1. The zero-order chi connectivity index (χ0) is 27.9. The van der Waals surface area contributed by atoms with Crippen molar-refractivity contribution in [3.8, 4) is 22.9 Å². The van der Waals surface area contributed by atoms with Crippen molar-refractivity contribution in [1.82, 2.24) is 24.6 Å². The van der Waals surface area contributed by atoms with Crippen LogP contribution < -0.4 is 15.4 Å². The lowest BCUT2D eigenvalue weighted by atomic mass is 10.0. The number of rotatable bonds is 5. The van der Waals surface area contributed by atoms with Gasteiger partial charge in [0.1, 0.15) is 11.6 Å². The van der Waals surface area contributed by atoms with Gasteiger partial charge in [0.05, 0.1) is 43.6 Å². The molecule has 0 fully saturated rings. The summed E-state index contributed by atoms with van der Waals surface area (Å²) in [5, 5.41) is 31.4. The second-order valence-electron chi connectivity index (χ2n) is 10.1. The van der Waals surface area contributed by atoms with E-state index < -0.39 is 6.04 Å². The number of aliphatic hydroxyl groups excluding tert-OH is 1. The van der Waals surface area contributed by atoms with E-state index in [0.29, 0.717) is 29.7 Å². The maximum atomic E-state index is 10.5. The first-order valence-electron chi connectivity index (χ1n) is 13.5. The third-order valence-corrected chi connectivity index (χ3v) is 6.88. The first-order valence-corrected chi connectivity index (χ1v) is 13.5. The van der Waals surface area contributed by atoms with Crippen LogP contribution >= 0.6 is 0 Å². The first kappa shape index (κ1) is 27.1. The van der Waals surface area contributed by atoms with Crippen molar-refractivity contribution in [2.24, 2.45) is 0 Å². The number of nitrogens with zero attached hydrogens (tertiary/aromatic N) is 6. The van der Waals surface area contributed by atoms with E-state index in [2.05, 4.69) is 31.7 Å². The van der Waals surface area contributed by atoms with Crippen molar-refractivity contribution >= 4 is 17.5 Å². The van der Waals surface area contributed by atoms with Crippen LogP contribution in [0.2, 0.25) is 0 Å². The molecule has 1 aliphatic rings. The van der Waals surface area contributed by atoms with Crippen molar-refractivity contribution in [2.75, 3.05) is 44.5 Å². The summed E-state index contributed by atoms with van der Waals surface area (Å²) in [5.41, 5.74) is 4.91. The summed E-state index contributed by atoms with van der Waals surface area (Å²) < 4.78 is 8.07. The molecule has 4 aromatic rings. The van der Waals surface area contributed by atoms with Crippen LogP contribution in [0.4, 0.5) is 17.5 Å².